The zero-order chi connectivity index (χ0) is 12.6. The van der Waals surface area contributed by atoms with E-state index in [4.69, 9.17) is 34.8 Å². The summed E-state index contributed by atoms with van der Waals surface area (Å²) in [6.45, 7) is 0. The highest BCUT2D eigenvalue weighted by atomic mass is 79.9. The molecule has 0 bridgehead atoms. The van der Waals surface area contributed by atoms with Crippen molar-refractivity contribution < 1.29 is 4.39 Å². The van der Waals surface area contributed by atoms with Gasteiger partial charge >= 0.3 is 0 Å². The van der Waals surface area contributed by atoms with Gasteiger partial charge in [-0.05, 0) is 29.8 Å². The minimum atomic E-state index is -0.531. The van der Waals surface area contributed by atoms with Crippen molar-refractivity contribution >= 4 is 62.1 Å². The molecule has 0 aliphatic carbocycles. The Bertz CT molecular complexity index is 556. The summed E-state index contributed by atoms with van der Waals surface area (Å²) in [5.74, 6) is -0.341. The van der Waals surface area contributed by atoms with E-state index in [0.717, 1.165) is 4.47 Å². The second kappa shape index (κ2) is 5.45. The SMILES string of the molecule is Fc1ccc(Br)c(C(Cl)c2cc(Cl)sc2Cl)c1. The van der Waals surface area contributed by atoms with Gasteiger partial charge in [0, 0.05) is 10.0 Å². The van der Waals surface area contributed by atoms with Crippen molar-refractivity contribution in [2.24, 2.45) is 0 Å². The smallest absolute Gasteiger partial charge is 0.123 e. The molecule has 6 heteroatoms. The van der Waals surface area contributed by atoms with Crippen LogP contribution in [-0.2, 0) is 0 Å². The first kappa shape index (κ1) is 13.6. The van der Waals surface area contributed by atoms with Gasteiger partial charge in [0.2, 0.25) is 0 Å². The Morgan fingerprint density at radius 1 is 1.18 bits per heavy atom. The van der Waals surface area contributed by atoms with Crippen LogP contribution in [-0.4, -0.2) is 0 Å². The molecule has 1 aromatic carbocycles. The van der Waals surface area contributed by atoms with Gasteiger partial charge in [-0.25, -0.2) is 4.39 Å². The molecular formula is C11H5BrCl3FS. The molecule has 90 valence electrons. The van der Waals surface area contributed by atoms with Crippen molar-refractivity contribution in [1.82, 2.24) is 0 Å². The fourth-order valence-electron chi connectivity index (χ4n) is 1.40. The lowest BCUT2D eigenvalue weighted by molar-refractivity contribution is 0.625. The average molecular weight is 374 g/mol. The Balaban J connectivity index is 2.46. The van der Waals surface area contributed by atoms with Crippen molar-refractivity contribution in [3.05, 3.63) is 54.4 Å². The second-order valence-corrected chi connectivity index (χ2v) is 6.88. The molecular weight excluding hydrogens is 369 g/mol. The van der Waals surface area contributed by atoms with Crippen LogP contribution in [0.3, 0.4) is 0 Å². The molecule has 0 nitrogen and oxygen atoms in total. The maximum absolute atomic E-state index is 13.2. The maximum atomic E-state index is 13.2. The van der Waals surface area contributed by atoms with Gasteiger partial charge in [0.15, 0.2) is 0 Å². The van der Waals surface area contributed by atoms with Crippen molar-refractivity contribution in [2.75, 3.05) is 0 Å². The van der Waals surface area contributed by atoms with Gasteiger partial charge in [-0.2, -0.15) is 0 Å². The Labute approximate surface area is 125 Å². The predicted molar refractivity (Wildman–Crippen MR) is 76.1 cm³/mol. The first-order chi connectivity index (χ1) is 7.99. The van der Waals surface area contributed by atoms with Crippen molar-refractivity contribution in [3.63, 3.8) is 0 Å². The molecule has 1 heterocycles. The molecule has 0 aliphatic rings. The zero-order valence-corrected chi connectivity index (χ0v) is 12.9. The minimum absolute atomic E-state index is 0.341. The summed E-state index contributed by atoms with van der Waals surface area (Å²) in [5.41, 5.74) is 1.32. The van der Waals surface area contributed by atoms with Gasteiger partial charge in [0.25, 0.3) is 0 Å². The van der Waals surface area contributed by atoms with Crippen molar-refractivity contribution in [1.29, 1.82) is 0 Å². The summed E-state index contributed by atoms with van der Waals surface area (Å²) in [5, 5.41) is -0.531. The summed E-state index contributed by atoms with van der Waals surface area (Å²) in [6, 6.07) is 6.05. The molecule has 2 aromatic rings. The van der Waals surface area contributed by atoms with E-state index in [9.17, 15) is 4.39 Å². The zero-order valence-electron chi connectivity index (χ0n) is 8.18. The number of hydrogen-bond acceptors (Lipinski definition) is 1. The van der Waals surface area contributed by atoms with E-state index in [-0.39, 0.29) is 5.82 Å². The molecule has 0 fully saturated rings. The standard InChI is InChI=1S/C11H5BrCl3FS/c12-8-2-1-5(16)3-6(8)10(14)7-4-9(13)17-11(7)15/h1-4,10H. The molecule has 2 rings (SSSR count). The van der Waals surface area contributed by atoms with Gasteiger partial charge in [0.1, 0.15) is 5.82 Å². The van der Waals surface area contributed by atoms with Crippen LogP contribution in [0.5, 0.6) is 0 Å². The van der Waals surface area contributed by atoms with E-state index in [1.54, 1.807) is 12.1 Å². The van der Waals surface area contributed by atoms with Crippen LogP contribution in [0.15, 0.2) is 28.7 Å². The highest BCUT2D eigenvalue weighted by Crippen LogP contribution is 2.42. The van der Waals surface area contributed by atoms with E-state index in [0.29, 0.717) is 19.8 Å². The Kier molecular flexibility index (Phi) is 4.37. The van der Waals surface area contributed by atoms with Gasteiger partial charge in [-0.3, -0.25) is 0 Å². The molecule has 0 N–H and O–H groups in total. The molecule has 0 radical (unpaired) electrons. The Hall–Kier alpha value is 0.200. The van der Waals surface area contributed by atoms with Crippen molar-refractivity contribution in [2.45, 2.75) is 5.38 Å². The predicted octanol–water partition coefficient (Wildman–Crippen LogP) is 6.28. The lowest BCUT2D eigenvalue weighted by Crippen LogP contribution is -1.94. The van der Waals surface area contributed by atoms with Crippen LogP contribution in [0.25, 0.3) is 0 Å². The molecule has 0 saturated carbocycles. The molecule has 17 heavy (non-hydrogen) atoms. The van der Waals surface area contributed by atoms with Gasteiger partial charge < -0.3 is 0 Å². The molecule has 1 aromatic heterocycles. The fourth-order valence-corrected chi connectivity index (χ4v) is 4.01. The number of benzene rings is 1. The normalized spacial score (nSPS) is 12.8. The lowest BCUT2D eigenvalue weighted by atomic mass is 10.1. The molecule has 1 unspecified atom stereocenters. The largest absolute Gasteiger partial charge is 0.207 e. The van der Waals surface area contributed by atoms with Gasteiger partial charge in [-0.1, -0.05) is 39.1 Å². The van der Waals surface area contributed by atoms with E-state index < -0.39 is 5.38 Å². The van der Waals surface area contributed by atoms with E-state index in [1.165, 1.54) is 23.5 Å². The number of alkyl halides is 1. The summed E-state index contributed by atoms with van der Waals surface area (Å²) >= 11 is 22.8. The number of hydrogen-bond donors (Lipinski definition) is 0. The maximum Gasteiger partial charge on any atom is 0.123 e. The summed E-state index contributed by atoms with van der Waals surface area (Å²) in [7, 11) is 0. The summed E-state index contributed by atoms with van der Waals surface area (Å²) in [4.78, 5) is 0. The molecule has 0 amide bonds. The highest BCUT2D eigenvalue weighted by Gasteiger charge is 2.19. The first-order valence-electron chi connectivity index (χ1n) is 4.53. The second-order valence-electron chi connectivity index (χ2n) is 3.31. The Morgan fingerprint density at radius 2 is 1.88 bits per heavy atom. The third-order valence-corrected chi connectivity index (χ3v) is 4.90. The van der Waals surface area contributed by atoms with Gasteiger partial charge in [0.05, 0.1) is 14.0 Å². The lowest BCUT2D eigenvalue weighted by Gasteiger charge is -2.11. The number of thiophene rings is 1. The Morgan fingerprint density at radius 3 is 2.47 bits per heavy atom. The average Bonchev–Trinajstić information content (AvgIpc) is 2.60. The number of halogens is 5. The summed E-state index contributed by atoms with van der Waals surface area (Å²) in [6.07, 6.45) is 0. The molecule has 0 saturated heterocycles. The number of rotatable bonds is 2. The van der Waals surface area contributed by atoms with Crippen LogP contribution in [0.4, 0.5) is 4.39 Å². The molecule has 0 aliphatic heterocycles. The van der Waals surface area contributed by atoms with E-state index in [2.05, 4.69) is 15.9 Å². The third kappa shape index (κ3) is 2.96. The van der Waals surface area contributed by atoms with Crippen molar-refractivity contribution in [3.8, 4) is 0 Å². The van der Waals surface area contributed by atoms with Crippen LogP contribution in [0.2, 0.25) is 8.67 Å². The van der Waals surface area contributed by atoms with E-state index >= 15 is 0 Å². The molecule has 0 spiro atoms. The van der Waals surface area contributed by atoms with Crippen LogP contribution < -0.4 is 0 Å². The van der Waals surface area contributed by atoms with E-state index in [1.807, 2.05) is 0 Å². The van der Waals surface area contributed by atoms with Gasteiger partial charge in [-0.15, -0.1) is 22.9 Å². The summed E-state index contributed by atoms with van der Waals surface area (Å²) < 4.78 is 15.0. The third-order valence-electron chi connectivity index (χ3n) is 2.19. The minimum Gasteiger partial charge on any atom is -0.207 e. The quantitative estimate of drug-likeness (QED) is 0.542. The first-order valence-corrected chi connectivity index (χ1v) is 7.33. The topological polar surface area (TPSA) is 0 Å². The van der Waals surface area contributed by atoms with Crippen LogP contribution >= 0.6 is 62.1 Å². The fraction of sp³-hybridized carbons (Fsp3) is 0.0909. The molecule has 1 atom stereocenters. The van der Waals surface area contributed by atoms with Crippen LogP contribution in [0, 0.1) is 5.82 Å². The monoisotopic (exact) mass is 372 g/mol. The van der Waals surface area contributed by atoms with Crippen LogP contribution in [0.1, 0.15) is 16.5 Å². The highest BCUT2D eigenvalue weighted by molar-refractivity contribution is 9.10.